The molecular formula is C114H63N9O2S. The molecule has 0 spiro atoms. The normalized spacial score (nSPS) is 12.3. The first kappa shape index (κ1) is 68.9. The van der Waals surface area contributed by atoms with E-state index in [1.54, 1.807) is 0 Å². The van der Waals surface area contributed by atoms with Gasteiger partial charge in [-0.25, -0.2) is 29.9 Å². The van der Waals surface area contributed by atoms with Crippen molar-refractivity contribution in [1.82, 2.24) is 43.6 Å². The fourth-order valence-electron chi connectivity index (χ4n) is 20.7. The zero-order chi connectivity index (χ0) is 82.1. The van der Waals surface area contributed by atoms with Crippen molar-refractivity contribution < 1.29 is 8.83 Å². The summed E-state index contributed by atoms with van der Waals surface area (Å²) in [6.07, 6.45) is 0. The molecular weight excluding hydrogens is 1560 g/mol. The summed E-state index contributed by atoms with van der Waals surface area (Å²) in [7, 11) is 0. The van der Waals surface area contributed by atoms with Crippen LogP contribution in [0.3, 0.4) is 0 Å². The van der Waals surface area contributed by atoms with E-state index < -0.39 is 0 Å². The number of furan rings is 2. The number of aromatic nitrogens is 9. The van der Waals surface area contributed by atoms with Gasteiger partial charge in [0.25, 0.3) is 0 Å². The van der Waals surface area contributed by atoms with Crippen LogP contribution in [-0.4, -0.2) is 43.6 Å². The van der Waals surface area contributed by atoms with Crippen LogP contribution in [0.25, 0.3) is 281 Å². The molecule has 3 aliphatic heterocycles. The van der Waals surface area contributed by atoms with Crippen LogP contribution in [0.2, 0.25) is 0 Å². The number of rotatable bonds is 3. The van der Waals surface area contributed by atoms with E-state index >= 15 is 0 Å². The monoisotopic (exact) mass is 1620 g/mol. The molecule has 9 aromatic heterocycles. The molecule has 0 aliphatic carbocycles. The lowest BCUT2D eigenvalue weighted by atomic mass is 9.95. The lowest BCUT2D eigenvalue weighted by Gasteiger charge is -2.12. The van der Waals surface area contributed by atoms with Crippen LogP contribution < -0.4 is 0 Å². The predicted octanol–water partition coefficient (Wildman–Crippen LogP) is 30.3. The number of benzene rings is 18. The molecule has 11 nitrogen and oxygen atoms in total. The molecule has 0 unspecified atom stereocenters. The molecule has 0 bridgehead atoms. The highest BCUT2D eigenvalue weighted by atomic mass is 32.1. The zero-order valence-electron chi connectivity index (χ0n) is 67.1. The number of hydrogen-bond acceptors (Lipinski definition) is 9. The summed E-state index contributed by atoms with van der Waals surface area (Å²) in [4.78, 5) is 31.4. The van der Waals surface area contributed by atoms with Crippen LogP contribution in [0.4, 0.5) is 0 Å². The molecule has 0 N–H and O–H groups in total. The Kier molecular flexibility index (Phi) is 14.4. The highest BCUT2D eigenvalue weighted by Crippen LogP contribution is 2.53. The van der Waals surface area contributed by atoms with Gasteiger partial charge in [-0.05, 0) is 148 Å². The summed E-state index contributed by atoms with van der Waals surface area (Å²) < 4.78 is 22.3. The van der Waals surface area contributed by atoms with Crippen LogP contribution >= 0.6 is 11.3 Å². The molecule has 30 rings (SSSR count). The van der Waals surface area contributed by atoms with Gasteiger partial charge in [0.05, 0.1) is 66.2 Å². The first-order chi connectivity index (χ1) is 62.5. The maximum Gasteiger partial charge on any atom is 0.165 e. The lowest BCUT2D eigenvalue weighted by Crippen LogP contribution is -2.02. The molecule has 27 aromatic rings. The van der Waals surface area contributed by atoms with E-state index in [2.05, 4.69) is 305 Å². The van der Waals surface area contributed by atoms with Crippen LogP contribution in [-0.2, 0) is 0 Å². The van der Waals surface area contributed by atoms with E-state index in [1.807, 2.05) is 102 Å². The number of fused-ring (bicyclic) bond motifs is 36. The van der Waals surface area contributed by atoms with Crippen molar-refractivity contribution in [3.8, 4) is 118 Å². The van der Waals surface area contributed by atoms with Gasteiger partial charge in [-0.2, -0.15) is 0 Å². The molecule has 18 aromatic carbocycles. The standard InChI is InChI=1S/2C38H21N3O.C38H21N3S/c1-2-11-26-24(9-1)27-13-8-14-28-30-21-22(23-12-7-15-29-25-10-3-6-18-34(25)42-37(23)29)19-20-33(30)41(36(27)28)38-35(26)39-31-16-4-5-17-32(31)40-38;1-2-10-26-24(9-1)27-13-7-14-28-25-20-19-22(23-12-8-18-34-35(23)29-11-3-6-17-33(29)42-34)21-32(25)41(37(27)28)38-36(26)39-30-15-4-5-16-31(30)40-38;1-2-10-26-24(8-1)27-11-7-12-28-29-20-22(23-17-19-35-30(21-23)25-9-3-6-15-34(25)42-35)16-18-33(29)41(37(27)28)38-36(26)39-31-13-4-5-14-32(31)40-38/h3*1-21H. The predicted molar refractivity (Wildman–Crippen MR) is 519 cm³/mol. The molecule has 0 amide bonds. The minimum absolute atomic E-state index is 0.857. The van der Waals surface area contributed by atoms with E-state index in [1.165, 1.54) is 103 Å². The molecule has 582 valence electrons. The molecule has 0 saturated heterocycles. The fraction of sp³-hybridized carbons (Fsp3) is 0. The van der Waals surface area contributed by atoms with Crippen molar-refractivity contribution in [3.05, 3.63) is 382 Å². The fourth-order valence-corrected chi connectivity index (χ4v) is 21.8. The second kappa shape index (κ2) is 26.4. The van der Waals surface area contributed by atoms with Crippen molar-refractivity contribution in [2.45, 2.75) is 0 Å². The molecule has 3 aliphatic rings. The van der Waals surface area contributed by atoms with E-state index in [9.17, 15) is 0 Å². The summed E-state index contributed by atoms with van der Waals surface area (Å²) in [6, 6.07) is 135. The first-order valence-corrected chi connectivity index (χ1v) is 43.4. The Hall–Kier alpha value is -16.8. The van der Waals surface area contributed by atoms with Gasteiger partial charge in [0.15, 0.2) is 17.5 Å². The maximum absolute atomic E-state index is 6.41. The molecule has 0 radical (unpaired) electrons. The third-order valence-electron chi connectivity index (χ3n) is 26.2. The Balaban J connectivity index is 0.0000000961. The molecule has 0 saturated carbocycles. The largest absolute Gasteiger partial charge is 0.456 e. The van der Waals surface area contributed by atoms with E-state index in [0.29, 0.717) is 0 Å². The quantitative estimate of drug-likeness (QED) is 0.172. The zero-order valence-corrected chi connectivity index (χ0v) is 67.9. The minimum atomic E-state index is 0.857. The Morgan fingerprint density at radius 2 is 0.556 bits per heavy atom. The average Bonchev–Trinajstić information content (AvgIpc) is 1.56. The Bertz CT molecular complexity index is 9480. The summed E-state index contributed by atoms with van der Waals surface area (Å²) in [5.74, 6) is 2.60. The Morgan fingerprint density at radius 1 is 0.198 bits per heavy atom. The third-order valence-corrected chi connectivity index (χ3v) is 27.4. The summed E-state index contributed by atoms with van der Waals surface area (Å²) in [5.41, 5.74) is 35.9. The molecule has 0 atom stereocenters. The van der Waals surface area contributed by atoms with Crippen molar-refractivity contribution in [3.63, 3.8) is 0 Å². The average molecular weight is 1620 g/mol. The number of hydrogen-bond donors (Lipinski definition) is 0. The van der Waals surface area contributed by atoms with Crippen LogP contribution in [0.5, 0.6) is 0 Å². The van der Waals surface area contributed by atoms with Crippen LogP contribution in [0, 0.1) is 0 Å². The van der Waals surface area contributed by atoms with E-state index in [4.69, 9.17) is 38.7 Å². The van der Waals surface area contributed by atoms with E-state index in [-0.39, 0.29) is 0 Å². The summed E-state index contributed by atoms with van der Waals surface area (Å²) in [5, 5.41) is 14.4. The molecule has 126 heavy (non-hydrogen) atoms. The summed E-state index contributed by atoms with van der Waals surface area (Å²) >= 11 is 1.86. The van der Waals surface area contributed by atoms with Gasteiger partial charge < -0.3 is 8.83 Å². The van der Waals surface area contributed by atoms with Gasteiger partial charge in [0.1, 0.15) is 39.4 Å². The van der Waals surface area contributed by atoms with Gasteiger partial charge in [0, 0.05) is 113 Å². The van der Waals surface area contributed by atoms with Gasteiger partial charge in [-0.3, -0.25) is 13.7 Å². The number of nitrogens with zero attached hydrogens (tertiary/aromatic N) is 9. The van der Waals surface area contributed by atoms with Crippen molar-refractivity contribution in [2.75, 3.05) is 0 Å². The molecule has 12 heterocycles. The number of thiophene rings is 1. The van der Waals surface area contributed by atoms with Gasteiger partial charge in [-0.1, -0.05) is 279 Å². The number of para-hydroxylation sites is 12. The third kappa shape index (κ3) is 9.97. The van der Waals surface area contributed by atoms with E-state index in [0.717, 1.165) is 178 Å². The highest BCUT2D eigenvalue weighted by molar-refractivity contribution is 7.25. The van der Waals surface area contributed by atoms with Crippen LogP contribution in [0.15, 0.2) is 391 Å². The lowest BCUT2D eigenvalue weighted by molar-refractivity contribution is 0.669. The Morgan fingerprint density at radius 3 is 1.11 bits per heavy atom. The van der Waals surface area contributed by atoms with Gasteiger partial charge in [-0.15, -0.1) is 11.3 Å². The van der Waals surface area contributed by atoms with Gasteiger partial charge >= 0.3 is 0 Å². The summed E-state index contributed by atoms with van der Waals surface area (Å²) in [6.45, 7) is 0. The minimum Gasteiger partial charge on any atom is -0.456 e. The molecule has 0 fully saturated rings. The topological polar surface area (TPSA) is 118 Å². The van der Waals surface area contributed by atoms with Crippen LogP contribution in [0.1, 0.15) is 0 Å². The maximum atomic E-state index is 6.41. The smallest absolute Gasteiger partial charge is 0.165 e. The molecule has 12 heteroatoms. The Labute approximate surface area is 721 Å². The van der Waals surface area contributed by atoms with Crippen molar-refractivity contribution >= 4 is 174 Å². The van der Waals surface area contributed by atoms with Gasteiger partial charge in [0.2, 0.25) is 0 Å². The second-order valence-electron chi connectivity index (χ2n) is 33.0. The SMILES string of the molecule is c1ccc2c(c1)-c1nc3ccccc3nc1-n1c3cc(-c4cccc5oc6ccccc6c45)ccc3c3cccc-2c31.c1ccc2c(c1)-c1nc3ccccc3nc1-n1c3ccc(-c4ccc5sc6ccccc6c5c4)cc3c3cccc-2c31.c1ccc2c(c1)-c1nc3ccccc3nc1-n1c3ccc(-c4cccc5c4oc4ccccc45)cc3c3cccc-2c31. The second-order valence-corrected chi connectivity index (χ2v) is 34.0. The van der Waals surface area contributed by atoms with Crippen molar-refractivity contribution in [1.29, 1.82) is 0 Å². The van der Waals surface area contributed by atoms with Crippen molar-refractivity contribution in [2.24, 2.45) is 0 Å². The first-order valence-electron chi connectivity index (χ1n) is 42.5. The highest BCUT2D eigenvalue weighted by Gasteiger charge is 2.32.